The Hall–Kier alpha value is -1.84. The van der Waals surface area contributed by atoms with Gasteiger partial charge in [0.05, 0.1) is 5.52 Å². The second-order valence-electron chi connectivity index (χ2n) is 3.94. The Morgan fingerprint density at radius 1 is 1.35 bits per heavy atom. The van der Waals surface area contributed by atoms with Crippen molar-refractivity contribution >= 4 is 11.4 Å². The lowest BCUT2D eigenvalue weighted by Crippen LogP contribution is -2.30. The standard InChI is InChI=1S/C13H17N3O/c1-4-15(5-2)13(17)12-11-8-6-7-9-16(11)10(3)14-12/h6-9H,4-5H2,1-3H3. The van der Waals surface area contributed by atoms with E-state index in [1.807, 2.05) is 49.6 Å². The molecule has 4 nitrogen and oxygen atoms in total. The summed E-state index contributed by atoms with van der Waals surface area (Å²) in [4.78, 5) is 18.4. The number of fused-ring (bicyclic) bond motifs is 1. The van der Waals surface area contributed by atoms with Crippen molar-refractivity contribution in [3.8, 4) is 0 Å². The average Bonchev–Trinajstić information content (AvgIpc) is 2.69. The molecule has 0 saturated carbocycles. The van der Waals surface area contributed by atoms with Gasteiger partial charge in [-0.25, -0.2) is 4.98 Å². The summed E-state index contributed by atoms with van der Waals surface area (Å²) in [6, 6.07) is 5.79. The Bertz CT molecular complexity index is 541. The van der Waals surface area contributed by atoms with Crippen LogP contribution < -0.4 is 0 Å². The predicted octanol–water partition coefficient (Wildman–Crippen LogP) is 2.12. The van der Waals surface area contributed by atoms with Crippen LogP contribution in [0.2, 0.25) is 0 Å². The van der Waals surface area contributed by atoms with E-state index in [1.165, 1.54) is 0 Å². The summed E-state index contributed by atoms with van der Waals surface area (Å²) < 4.78 is 1.94. The quantitative estimate of drug-likeness (QED) is 0.811. The topological polar surface area (TPSA) is 37.6 Å². The molecule has 2 heterocycles. The molecule has 0 unspecified atom stereocenters. The van der Waals surface area contributed by atoms with E-state index >= 15 is 0 Å². The van der Waals surface area contributed by atoms with Gasteiger partial charge in [-0.05, 0) is 32.9 Å². The molecule has 0 aliphatic carbocycles. The van der Waals surface area contributed by atoms with Gasteiger partial charge in [0, 0.05) is 19.3 Å². The number of carbonyl (C=O) groups is 1. The first kappa shape index (κ1) is 11.6. The van der Waals surface area contributed by atoms with E-state index in [0.717, 1.165) is 11.3 Å². The van der Waals surface area contributed by atoms with Crippen molar-refractivity contribution in [2.75, 3.05) is 13.1 Å². The molecule has 1 amide bonds. The molecule has 0 N–H and O–H groups in total. The summed E-state index contributed by atoms with van der Waals surface area (Å²) in [6.07, 6.45) is 1.93. The predicted molar refractivity (Wildman–Crippen MR) is 67.2 cm³/mol. The third-order valence-electron chi connectivity index (χ3n) is 2.98. The van der Waals surface area contributed by atoms with Crippen LogP contribution in [0.25, 0.3) is 5.52 Å². The molecular formula is C13H17N3O. The van der Waals surface area contributed by atoms with Crippen molar-refractivity contribution in [2.45, 2.75) is 20.8 Å². The third kappa shape index (κ3) is 1.90. The van der Waals surface area contributed by atoms with E-state index in [0.29, 0.717) is 18.8 Å². The number of rotatable bonds is 3. The zero-order valence-electron chi connectivity index (χ0n) is 10.5. The second-order valence-corrected chi connectivity index (χ2v) is 3.94. The maximum absolute atomic E-state index is 12.3. The Balaban J connectivity index is 2.52. The highest BCUT2D eigenvalue weighted by Gasteiger charge is 2.19. The molecule has 0 atom stereocenters. The molecule has 0 aliphatic rings. The third-order valence-corrected chi connectivity index (χ3v) is 2.98. The zero-order valence-corrected chi connectivity index (χ0v) is 10.5. The number of amides is 1. The largest absolute Gasteiger partial charge is 0.338 e. The van der Waals surface area contributed by atoms with E-state index in [-0.39, 0.29) is 5.91 Å². The molecule has 2 rings (SSSR count). The molecule has 2 aromatic heterocycles. The van der Waals surface area contributed by atoms with Crippen LogP contribution in [0.5, 0.6) is 0 Å². The summed E-state index contributed by atoms with van der Waals surface area (Å²) >= 11 is 0. The highest BCUT2D eigenvalue weighted by molar-refractivity contribution is 5.99. The van der Waals surface area contributed by atoms with E-state index in [4.69, 9.17) is 0 Å². The molecule has 90 valence electrons. The number of aromatic nitrogens is 2. The maximum Gasteiger partial charge on any atom is 0.274 e. The van der Waals surface area contributed by atoms with Crippen LogP contribution in [0.3, 0.4) is 0 Å². The molecule has 0 bridgehead atoms. The number of nitrogens with zero attached hydrogens (tertiary/aromatic N) is 3. The highest BCUT2D eigenvalue weighted by Crippen LogP contribution is 2.14. The van der Waals surface area contributed by atoms with Crippen molar-refractivity contribution in [2.24, 2.45) is 0 Å². The van der Waals surface area contributed by atoms with Crippen LogP contribution in [0.1, 0.15) is 30.2 Å². The van der Waals surface area contributed by atoms with Crippen LogP contribution in [-0.2, 0) is 0 Å². The van der Waals surface area contributed by atoms with Crippen molar-refractivity contribution < 1.29 is 4.79 Å². The molecular weight excluding hydrogens is 214 g/mol. The first-order valence-electron chi connectivity index (χ1n) is 5.92. The molecule has 0 saturated heterocycles. The average molecular weight is 231 g/mol. The first-order valence-corrected chi connectivity index (χ1v) is 5.92. The normalized spacial score (nSPS) is 10.8. The van der Waals surface area contributed by atoms with Gasteiger partial charge in [0.1, 0.15) is 5.82 Å². The summed E-state index contributed by atoms with van der Waals surface area (Å²) in [5, 5.41) is 0. The maximum atomic E-state index is 12.3. The Labute approximate surface area is 101 Å². The summed E-state index contributed by atoms with van der Waals surface area (Å²) in [5.74, 6) is 0.850. The summed E-state index contributed by atoms with van der Waals surface area (Å²) in [6.45, 7) is 7.28. The number of aryl methyl sites for hydroxylation is 1. The Kier molecular flexibility index (Phi) is 3.13. The van der Waals surface area contributed by atoms with Gasteiger partial charge in [0.25, 0.3) is 5.91 Å². The van der Waals surface area contributed by atoms with Gasteiger partial charge in [-0.3, -0.25) is 4.79 Å². The molecule has 2 aromatic rings. The first-order chi connectivity index (χ1) is 8.19. The molecule has 17 heavy (non-hydrogen) atoms. The minimum atomic E-state index is 0.00630. The van der Waals surface area contributed by atoms with Gasteiger partial charge in [0.2, 0.25) is 0 Å². The van der Waals surface area contributed by atoms with Crippen LogP contribution in [0, 0.1) is 6.92 Å². The van der Waals surface area contributed by atoms with E-state index in [2.05, 4.69) is 4.98 Å². The zero-order chi connectivity index (χ0) is 12.4. The molecule has 0 aliphatic heterocycles. The van der Waals surface area contributed by atoms with Crippen LogP contribution in [-0.4, -0.2) is 33.3 Å². The van der Waals surface area contributed by atoms with Crippen molar-refractivity contribution in [1.82, 2.24) is 14.3 Å². The van der Waals surface area contributed by atoms with Crippen molar-refractivity contribution in [1.29, 1.82) is 0 Å². The van der Waals surface area contributed by atoms with Gasteiger partial charge < -0.3 is 9.30 Å². The fourth-order valence-electron chi connectivity index (χ4n) is 2.01. The molecule has 4 heteroatoms. The Morgan fingerprint density at radius 2 is 2.06 bits per heavy atom. The van der Waals surface area contributed by atoms with E-state index < -0.39 is 0 Å². The number of hydrogen-bond donors (Lipinski definition) is 0. The minimum absolute atomic E-state index is 0.00630. The smallest absolute Gasteiger partial charge is 0.274 e. The fourth-order valence-corrected chi connectivity index (χ4v) is 2.01. The SMILES string of the molecule is CCN(CC)C(=O)c1nc(C)n2ccccc12. The van der Waals surface area contributed by atoms with Gasteiger partial charge in [0.15, 0.2) is 5.69 Å². The highest BCUT2D eigenvalue weighted by atomic mass is 16.2. The van der Waals surface area contributed by atoms with Crippen molar-refractivity contribution in [3.63, 3.8) is 0 Å². The van der Waals surface area contributed by atoms with E-state index in [1.54, 1.807) is 4.90 Å². The lowest BCUT2D eigenvalue weighted by Gasteiger charge is -2.17. The molecule has 0 spiro atoms. The minimum Gasteiger partial charge on any atom is -0.338 e. The van der Waals surface area contributed by atoms with E-state index in [9.17, 15) is 4.79 Å². The second kappa shape index (κ2) is 4.57. The number of carbonyl (C=O) groups excluding carboxylic acids is 1. The van der Waals surface area contributed by atoms with Crippen molar-refractivity contribution in [3.05, 3.63) is 35.9 Å². The number of hydrogen-bond acceptors (Lipinski definition) is 2. The Morgan fingerprint density at radius 3 is 2.71 bits per heavy atom. The summed E-state index contributed by atoms with van der Waals surface area (Å²) in [7, 11) is 0. The van der Waals surface area contributed by atoms with Gasteiger partial charge >= 0.3 is 0 Å². The lowest BCUT2D eigenvalue weighted by molar-refractivity contribution is 0.0769. The molecule has 0 fully saturated rings. The van der Waals surface area contributed by atoms with Gasteiger partial charge in [-0.2, -0.15) is 0 Å². The lowest BCUT2D eigenvalue weighted by atomic mass is 10.3. The summed E-state index contributed by atoms with van der Waals surface area (Å²) in [5.41, 5.74) is 1.42. The van der Waals surface area contributed by atoms with Gasteiger partial charge in [-0.1, -0.05) is 6.07 Å². The van der Waals surface area contributed by atoms with Crippen LogP contribution in [0.15, 0.2) is 24.4 Å². The number of imidazole rings is 1. The van der Waals surface area contributed by atoms with Gasteiger partial charge in [-0.15, -0.1) is 0 Å². The number of pyridine rings is 1. The fraction of sp³-hybridized carbons (Fsp3) is 0.385. The monoisotopic (exact) mass is 231 g/mol. The molecule has 0 aromatic carbocycles. The van der Waals surface area contributed by atoms with Crippen LogP contribution >= 0.6 is 0 Å². The molecule has 0 radical (unpaired) electrons. The van der Waals surface area contributed by atoms with Crippen LogP contribution in [0.4, 0.5) is 0 Å².